The maximum Gasteiger partial charge on any atom is 0.260 e. The van der Waals surface area contributed by atoms with E-state index < -0.39 is 0 Å². The fourth-order valence-electron chi connectivity index (χ4n) is 4.31. The molecular weight excluding hydrogens is 420 g/mol. The monoisotopic (exact) mass is 445 g/mol. The lowest BCUT2D eigenvalue weighted by atomic mass is 10.1. The molecule has 0 spiro atoms. The number of nitrogens with one attached hydrogen (secondary N) is 2. The molecule has 32 heavy (non-hydrogen) atoms. The molecule has 1 saturated heterocycles. The minimum atomic E-state index is -0.0614. The van der Waals surface area contributed by atoms with Crippen LogP contribution in [0, 0.1) is 0 Å². The molecular formula is C25H25N4O2S+. The highest BCUT2D eigenvalue weighted by atomic mass is 32.1. The predicted molar refractivity (Wildman–Crippen MR) is 129 cm³/mol. The SMILES string of the molecule is CC(=O)c1ccc(N2CC[NH+](Cc3nc4scc(-c5ccccc5)c4c(=O)[nH]3)CC2)cc1. The zero-order valence-electron chi connectivity index (χ0n) is 17.9. The van der Waals surface area contributed by atoms with Gasteiger partial charge in [0.1, 0.15) is 11.4 Å². The first-order valence-electron chi connectivity index (χ1n) is 10.8. The van der Waals surface area contributed by atoms with E-state index >= 15 is 0 Å². The number of rotatable bonds is 5. The van der Waals surface area contributed by atoms with E-state index in [1.807, 2.05) is 60.0 Å². The Morgan fingerprint density at radius 3 is 2.50 bits per heavy atom. The highest BCUT2D eigenvalue weighted by Crippen LogP contribution is 2.30. The average Bonchev–Trinajstić information content (AvgIpc) is 3.25. The molecule has 0 amide bonds. The molecule has 2 aromatic heterocycles. The summed E-state index contributed by atoms with van der Waals surface area (Å²) < 4.78 is 0. The van der Waals surface area contributed by atoms with Crippen molar-refractivity contribution in [2.45, 2.75) is 13.5 Å². The number of hydrogen-bond acceptors (Lipinski definition) is 5. The van der Waals surface area contributed by atoms with E-state index in [2.05, 4.69) is 9.88 Å². The van der Waals surface area contributed by atoms with E-state index in [-0.39, 0.29) is 11.3 Å². The summed E-state index contributed by atoms with van der Waals surface area (Å²) in [6, 6.07) is 17.8. The molecule has 2 N–H and O–H groups in total. The van der Waals surface area contributed by atoms with Gasteiger partial charge in [-0.05, 0) is 36.8 Å². The number of benzene rings is 2. The van der Waals surface area contributed by atoms with Gasteiger partial charge in [0.2, 0.25) is 0 Å². The van der Waals surface area contributed by atoms with Crippen molar-refractivity contribution in [3.8, 4) is 11.1 Å². The zero-order chi connectivity index (χ0) is 22.1. The van der Waals surface area contributed by atoms with Crippen LogP contribution in [0.15, 0.2) is 64.8 Å². The number of Topliss-reactive ketones (excluding diaryl/α,β-unsaturated/α-hetero) is 1. The van der Waals surface area contributed by atoms with Crippen LogP contribution in [0.5, 0.6) is 0 Å². The van der Waals surface area contributed by atoms with Crippen molar-refractivity contribution in [2.75, 3.05) is 31.1 Å². The zero-order valence-corrected chi connectivity index (χ0v) is 18.7. The van der Waals surface area contributed by atoms with Crippen LogP contribution in [0.4, 0.5) is 5.69 Å². The van der Waals surface area contributed by atoms with Gasteiger partial charge >= 0.3 is 0 Å². The van der Waals surface area contributed by atoms with Crippen molar-refractivity contribution in [1.82, 2.24) is 9.97 Å². The molecule has 1 aliphatic heterocycles. The number of ketones is 1. The second-order valence-corrected chi connectivity index (χ2v) is 9.08. The van der Waals surface area contributed by atoms with Crippen molar-refractivity contribution in [3.05, 3.63) is 81.7 Å². The summed E-state index contributed by atoms with van der Waals surface area (Å²) >= 11 is 1.53. The molecule has 0 atom stereocenters. The van der Waals surface area contributed by atoms with Gasteiger partial charge in [0, 0.05) is 22.2 Å². The van der Waals surface area contributed by atoms with Gasteiger partial charge in [0.15, 0.2) is 11.6 Å². The Kier molecular flexibility index (Phi) is 5.59. The summed E-state index contributed by atoms with van der Waals surface area (Å²) in [5.74, 6) is 0.837. The topological polar surface area (TPSA) is 70.5 Å². The first kappa shape index (κ1) is 20.6. The number of piperazine rings is 1. The van der Waals surface area contributed by atoms with Crippen molar-refractivity contribution in [3.63, 3.8) is 0 Å². The maximum absolute atomic E-state index is 12.9. The first-order valence-corrected chi connectivity index (χ1v) is 11.7. The van der Waals surface area contributed by atoms with Gasteiger partial charge in [-0.25, -0.2) is 4.98 Å². The molecule has 6 nitrogen and oxygen atoms in total. The van der Waals surface area contributed by atoms with Crippen LogP contribution in [0.2, 0.25) is 0 Å². The molecule has 5 rings (SSSR count). The summed E-state index contributed by atoms with van der Waals surface area (Å²) in [6.07, 6.45) is 0. The Morgan fingerprint density at radius 2 is 1.81 bits per heavy atom. The number of aromatic amines is 1. The number of aromatic nitrogens is 2. The molecule has 0 bridgehead atoms. The number of nitrogens with zero attached hydrogens (tertiary/aromatic N) is 2. The summed E-state index contributed by atoms with van der Waals surface area (Å²) in [4.78, 5) is 36.7. The van der Waals surface area contributed by atoms with Gasteiger partial charge in [0.25, 0.3) is 5.56 Å². The molecule has 7 heteroatoms. The third-order valence-electron chi connectivity index (χ3n) is 6.10. The Hall–Kier alpha value is -3.29. The molecule has 2 aromatic carbocycles. The number of carbonyl (C=O) groups excluding carboxylic acids is 1. The second-order valence-electron chi connectivity index (χ2n) is 8.23. The molecule has 162 valence electrons. The Labute approximate surface area is 190 Å². The number of quaternary nitrogens is 1. The van der Waals surface area contributed by atoms with Gasteiger partial charge in [-0.2, -0.15) is 0 Å². The third kappa shape index (κ3) is 4.09. The molecule has 4 aromatic rings. The second kappa shape index (κ2) is 8.68. The van der Waals surface area contributed by atoms with Crippen LogP contribution in [0.1, 0.15) is 23.1 Å². The van der Waals surface area contributed by atoms with Crippen molar-refractivity contribution < 1.29 is 9.69 Å². The summed E-state index contributed by atoms with van der Waals surface area (Å²) in [5.41, 5.74) is 3.81. The van der Waals surface area contributed by atoms with Crippen LogP contribution < -0.4 is 15.4 Å². The van der Waals surface area contributed by atoms with Crippen LogP contribution in [0.3, 0.4) is 0 Å². The smallest absolute Gasteiger partial charge is 0.260 e. The minimum Gasteiger partial charge on any atom is -0.360 e. The molecule has 1 aliphatic rings. The van der Waals surface area contributed by atoms with Crippen molar-refractivity contribution in [2.24, 2.45) is 0 Å². The van der Waals surface area contributed by atoms with Gasteiger partial charge in [-0.3, -0.25) is 9.59 Å². The van der Waals surface area contributed by atoms with Crippen LogP contribution in [-0.4, -0.2) is 41.9 Å². The van der Waals surface area contributed by atoms with E-state index in [0.29, 0.717) is 11.9 Å². The highest BCUT2D eigenvalue weighted by Gasteiger charge is 2.22. The van der Waals surface area contributed by atoms with E-state index in [9.17, 15) is 9.59 Å². The maximum atomic E-state index is 12.9. The van der Waals surface area contributed by atoms with Gasteiger partial charge in [-0.15, -0.1) is 11.3 Å². The van der Waals surface area contributed by atoms with Crippen LogP contribution >= 0.6 is 11.3 Å². The van der Waals surface area contributed by atoms with E-state index in [1.165, 1.54) is 16.2 Å². The number of anilines is 1. The summed E-state index contributed by atoms with van der Waals surface area (Å²) in [6.45, 7) is 6.09. The number of H-pyrrole nitrogens is 1. The average molecular weight is 446 g/mol. The van der Waals surface area contributed by atoms with Gasteiger partial charge in [-0.1, -0.05) is 30.3 Å². The van der Waals surface area contributed by atoms with E-state index in [0.717, 1.165) is 59.2 Å². The lowest BCUT2D eigenvalue weighted by Crippen LogP contribution is -3.13. The molecule has 0 saturated carbocycles. The van der Waals surface area contributed by atoms with Crippen LogP contribution in [0.25, 0.3) is 21.3 Å². The number of carbonyl (C=O) groups is 1. The van der Waals surface area contributed by atoms with Gasteiger partial charge in [0.05, 0.1) is 31.6 Å². The standard InChI is InChI=1S/C25H24N4O2S/c1-17(30)18-7-9-20(10-8-18)29-13-11-28(12-14-29)15-22-26-24(31)23-21(16-32-25(23)27-22)19-5-3-2-4-6-19/h2-10,16H,11-15H2,1H3,(H,26,27,31)/p+1. The lowest BCUT2D eigenvalue weighted by molar-refractivity contribution is -0.915. The Bertz CT molecular complexity index is 1300. The molecule has 0 radical (unpaired) electrons. The third-order valence-corrected chi connectivity index (χ3v) is 6.98. The number of hydrogen-bond donors (Lipinski definition) is 2. The predicted octanol–water partition coefficient (Wildman–Crippen LogP) is 2.76. The van der Waals surface area contributed by atoms with E-state index in [1.54, 1.807) is 6.92 Å². The lowest BCUT2D eigenvalue weighted by Gasteiger charge is -2.33. The Morgan fingerprint density at radius 1 is 1.09 bits per heavy atom. The van der Waals surface area contributed by atoms with Crippen molar-refractivity contribution >= 4 is 33.0 Å². The normalized spacial score (nSPS) is 14.7. The highest BCUT2D eigenvalue weighted by molar-refractivity contribution is 7.17. The Balaban J connectivity index is 1.28. The number of fused-ring (bicyclic) bond motifs is 1. The fourth-order valence-corrected chi connectivity index (χ4v) is 5.28. The molecule has 1 fully saturated rings. The largest absolute Gasteiger partial charge is 0.360 e. The number of thiophene rings is 1. The first-order chi connectivity index (χ1) is 15.6. The molecule has 0 unspecified atom stereocenters. The van der Waals surface area contributed by atoms with Gasteiger partial charge < -0.3 is 14.8 Å². The van der Waals surface area contributed by atoms with E-state index in [4.69, 9.17) is 4.98 Å². The van der Waals surface area contributed by atoms with Crippen molar-refractivity contribution in [1.29, 1.82) is 0 Å². The quantitative estimate of drug-likeness (QED) is 0.464. The summed E-state index contributed by atoms with van der Waals surface area (Å²) in [7, 11) is 0. The van der Waals surface area contributed by atoms with Crippen LogP contribution in [-0.2, 0) is 6.54 Å². The molecule has 3 heterocycles. The molecule has 0 aliphatic carbocycles. The summed E-state index contributed by atoms with van der Waals surface area (Å²) in [5, 5.41) is 2.70. The fraction of sp³-hybridized carbons (Fsp3) is 0.240. The minimum absolute atomic E-state index is 0.0614.